The van der Waals surface area contributed by atoms with Crippen LogP contribution in [0.15, 0.2) is 42.2 Å². The Bertz CT molecular complexity index is 892. The smallest absolute Gasteiger partial charge is 0.231 e. The van der Waals surface area contributed by atoms with Crippen molar-refractivity contribution in [3.05, 3.63) is 64.4 Å². The molecule has 140 valence electrons. The molecule has 27 heavy (non-hydrogen) atoms. The van der Waals surface area contributed by atoms with Crippen LogP contribution in [0.3, 0.4) is 0 Å². The maximum absolute atomic E-state index is 12.8. The lowest BCUT2D eigenvalue weighted by Crippen LogP contribution is -2.24. The first-order chi connectivity index (χ1) is 13.1. The van der Waals surface area contributed by atoms with E-state index in [1.54, 1.807) is 18.2 Å². The minimum absolute atomic E-state index is 0.122. The van der Waals surface area contributed by atoms with Crippen LogP contribution in [0.5, 0.6) is 11.5 Å². The molecule has 1 N–H and O–H groups in total. The zero-order valence-electron chi connectivity index (χ0n) is 15.7. The van der Waals surface area contributed by atoms with E-state index in [2.05, 4.69) is 4.90 Å². The molecule has 2 aliphatic heterocycles. The van der Waals surface area contributed by atoms with Gasteiger partial charge in [-0.25, -0.2) is 0 Å². The molecule has 4 heteroatoms. The van der Waals surface area contributed by atoms with Crippen LogP contribution in [-0.4, -0.2) is 28.9 Å². The van der Waals surface area contributed by atoms with Crippen molar-refractivity contribution in [3.8, 4) is 11.5 Å². The number of hydrogen-bond donors (Lipinski definition) is 1. The molecule has 4 rings (SSSR count). The summed E-state index contributed by atoms with van der Waals surface area (Å²) in [6.07, 6.45) is 6.64. The van der Waals surface area contributed by atoms with Crippen molar-refractivity contribution in [1.29, 1.82) is 0 Å². The molecule has 0 aliphatic carbocycles. The van der Waals surface area contributed by atoms with Crippen LogP contribution in [0.25, 0.3) is 6.08 Å². The minimum atomic E-state index is -0.122. The molecule has 0 aromatic heterocycles. The Morgan fingerprint density at radius 3 is 2.63 bits per heavy atom. The van der Waals surface area contributed by atoms with E-state index in [1.807, 2.05) is 31.2 Å². The maximum atomic E-state index is 12.8. The van der Waals surface area contributed by atoms with Crippen molar-refractivity contribution >= 4 is 11.9 Å². The van der Waals surface area contributed by atoms with Gasteiger partial charge < -0.3 is 9.84 Å². The van der Waals surface area contributed by atoms with E-state index >= 15 is 0 Å². The topological polar surface area (TPSA) is 49.8 Å². The first-order valence-electron chi connectivity index (χ1n) is 9.70. The van der Waals surface area contributed by atoms with Crippen molar-refractivity contribution in [2.45, 2.75) is 39.2 Å². The third kappa shape index (κ3) is 3.76. The van der Waals surface area contributed by atoms with E-state index in [0.717, 1.165) is 29.8 Å². The van der Waals surface area contributed by atoms with Gasteiger partial charge in [0.2, 0.25) is 5.78 Å². The maximum Gasteiger partial charge on any atom is 0.231 e. The average molecular weight is 363 g/mol. The molecule has 4 nitrogen and oxygen atoms in total. The summed E-state index contributed by atoms with van der Waals surface area (Å²) < 4.78 is 5.97. The molecule has 0 unspecified atom stereocenters. The molecule has 2 aromatic rings. The molecule has 1 fully saturated rings. The monoisotopic (exact) mass is 363 g/mol. The number of carbonyl (C=O) groups excluding carboxylic acids is 1. The van der Waals surface area contributed by atoms with E-state index in [0.29, 0.717) is 23.6 Å². The highest BCUT2D eigenvalue weighted by atomic mass is 16.5. The van der Waals surface area contributed by atoms with Crippen LogP contribution in [0.4, 0.5) is 0 Å². The Balaban J connectivity index is 1.64. The molecule has 0 spiro atoms. The summed E-state index contributed by atoms with van der Waals surface area (Å²) in [6, 6.07) is 11.2. The second kappa shape index (κ2) is 7.57. The second-order valence-corrected chi connectivity index (χ2v) is 7.48. The number of ether oxygens (including phenoxy) is 1. The quantitative estimate of drug-likeness (QED) is 0.804. The lowest BCUT2D eigenvalue weighted by atomic mass is 10.0. The number of rotatable bonds is 3. The molecular formula is C23H25NO3. The standard InChI is InChI=1S/C23H25NO3/c1-16-7-6-8-17(13-16)14-21-22(26)18-9-10-20(25)19(23(18)27-21)15-24-11-4-2-3-5-12-24/h6-10,13-14,25H,2-5,11-12,15H2,1H3/b21-14-. The highest BCUT2D eigenvalue weighted by Gasteiger charge is 2.31. The zero-order valence-corrected chi connectivity index (χ0v) is 15.7. The average Bonchev–Trinajstić information content (AvgIpc) is 2.82. The van der Waals surface area contributed by atoms with Crippen molar-refractivity contribution in [1.82, 2.24) is 4.90 Å². The number of likely N-dealkylation sites (tertiary alicyclic amines) is 1. The number of phenolic OH excluding ortho intramolecular Hbond substituents is 1. The van der Waals surface area contributed by atoms with Crippen LogP contribution in [-0.2, 0) is 6.54 Å². The number of benzene rings is 2. The summed E-state index contributed by atoms with van der Waals surface area (Å²) >= 11 is 0. The molecule has 1 saturated heterocycles. The largest absolute Gasteiger partial charge is 0.507 e. The SMILES string of the molecule is Cc1cccc(/C=C2\Oc3c(ccc(O)c3CN3CCCCCC3)C2=O)c1. The lowest BCUT2D eigenvalue weighted by molar-refractivity contribution is 0.101. The van der Waals surface area contributed by atoms with Gasteiger partial charge in [0.25, 0.3) is 0 Å². The van der Waals surface area contributed by atoms with Gasteiger partial charge in [0.15, 0.2) is 5.76 Å². The summed E-state index contributed by atoms with van der Waals surface area (Å²) in [7, 11) is 0. The van der Waals surface area contributed by atoms with Gasteiger partial charge in [0.1, 0.15) is 11.5 Å². The first kappa shape index (κ1) is 17.8. The number of allylic oxidation sites excluding steroid dienone is 1. The number of aromatic hydroxyl groups is 1. The van der Waals surface area contributed by atoms with Gasteiger partial charge in [-0.05, 0) is 56.6 Å². The van der Waals surface area contributed by atoms with Gasteiger partial charge in [0.05, 0.1) is 11.1 Å². The molecule has 0 radical (unpaired) electrons. The fourth-order valence-corrected chi connectivity index (χ4v) is 3.88. The fourth-order valence-electron chi connectivity index (χ4n) is 3.88. The van der Waals surface area contributed by atoms with E-state index in [9.17, 15) is 9.90 Å². The lowest BCUT2D eigenvalue weighted by Gasteiger charge is -2.21. The summed E-state index contributed by atoms with van der Waals surface area (Å²) in [5.41, 5.74) is 3.32. The van der Waals surface area contributed by atoms with Crippen molar-refractivity contribution in [2.75, 3.05) is 13.1 Å². The van der Waals surface area contributed by atoms with Gasteiger partial charge in [-0.1, -0.05) is 42.7 Å². The Labute approximate surface area is 160 Å². The predicted octanol–water partition coefficient (Wildman–Crippen LogP) is 4.69. The van der Waals surface area contributed by atoms with Gasteiger partial charge in [-0.3, -0.25) is 9.69 Å². The molecule has 0 atom stereocenters. The number of nitrogens with zero attached hydrogens (tertiary/aromatic N) is 1. The number of phenols is 1. The number of aryl methyl sites for hydroxylation is 1. The molecule has 2 heterocycles. The molecule has 0 amide bonds. The number of carbonyl (C=O) groups is 1. The Kier molecular flexibility index (Phi) is 4.99. The van der Waals surface area contributed by atoms with Crippen LogP contribution >= 0.6 is 0 Å². The summed E-state index contributed by atoms with van der Waals surface area (Å²) in [5, 5.41) is 10.4. The van der Waals surface area contributed by atoms with E-state index in [-0.39, 0.29) is 11.5 Å². The van der Waals surface area contributed by atoms with Gasteiger partial charge >= 0.3 is 0 Å². The number of hydrogen-bond acceptors (Lipinski definition) is 4. The third-order valence-electron chi connectivity index (χ3n) is 5.34. The Morgan fingerprint density at radius 1 is 1.11 bits per heavy atom. The zero-order chi connectivity index (χ0) is 18.8. The Hall–Kier alpha value is -2.59. The first-order valence-corrected chi connectivity index (χ1v) is 9.70. The summed E-state index contributed by atoms with van der Waals surface area (Å²) in [4.78, 5) is 15.2. The highest BCUT2D eigenvalue weighted by Crippen LogP contribution is 2.40. The van der Waals surface area contributed by atoms with E-state index in [1.165, 1.54) is 25.7 Å². The van der Waals surface area contributed by atoms with Crippen LogP contribution in [0.1, 0.15) is 52.7 Å². The second-order valence-electron chi connectivity index (χ2n) is 7.48. The predicted molar refractivity (Wildman–Crippen MR) is 106 cm³/mol. The van der Waals surface area contributed by atoms with Gasteiger partial charge in [0, 0.05) is 6.54 Å². The Morgan fingerprint density at radius 2 is 1.89 bits per heavy atom. The molecule has 2 aromatic carbocycles. The van der Waals surface area contributed by atoms with E-state index < -0.39 is 0 Å². The van der Waals surface area contributed by atoms with Gasteiger partial charge in [-0.15, -0.1) is 0 Å². The fraction of sp³-hybridized carbons (Fsp3) is 0.348. The van der Waals surface area contributed by atoms with Crippen molar-refractivity contribution in [2.24, 2.45) is 0 Å². The van der Waals surface area contributed by atoms with Crippen molar-refractivity contribution < 1.29 is 14.6 Å². The van der Waals surface area contributed by atoms with Crippen LogP contribution in [0, 0.1) is 6.92 Å². The summed E-state index contributed by atoms with van der Waals surface area (Å²) in [6.45, 7) is 4.66. The molecule has 0 bridgehead atoms. The molecule has 2 aliphatic rings. The minimum Gasteiger partial charge on any atom is -0.507 e. The highest BCUT2D eigenvalue weighted by molar-refractivity contribution is 6.15. The van der Waals surface area contributed by atoms with Crippen LogP contribution in [0.2, 0.25) is 0 Å². The van der Waals surface area contributed by atoms with E-state index in [4.69, 9.17) is 4.74 Å². The number of ketones is 1. The molecule has 0 saturated carbocycles. The normalized spacial score (nSPS) is 19.0. The summed E-state index contributed by atoms with van der Waals surface area (Å²) in [5.74, 6) is 0.910. The molecular weight excluding hydrogens is 338 g/mol. The van der Waals surface area contributed by atoms with Crippen molar-refractivity contribution in [3.63, 3.8) is 0 Å². The number of Topliss-reactive ketones (excluding diaryl/α,β-unsaturated/α-hetero) is 1. The van der Waals surface area contributed by atoms with Crippen LogP contribution < -0.4 is 4.74 Å². The number of fused-ring (bicyclic) bond motifs is 1. The van der Waals surface area contributed by atoms with Gasteiger partial charge in [-0.2, -0.15) is 0 Å². The third-order valence-corrected chi connectivity index (χ3v) is 5.34.